The number of benzene rings is 1. The zero-order valence-corrected chi connectivity index (χ0v) is 18.5. The first-order valence-electron chi connectivity index (χ1n) is 10.9. The third-order valence-electron chi connectivity index (χ3n) is 6.06. The first kappa shape index (κ1) is 22.0. The number of H-pyrrole nitrogens is 1. The summed E-state index contributed by atoms with van der Waals surface area (Å²) in [4.78, 5) is 38.2. The quantitative estimate of drug-likeness (QED) is 0.269. The maximum Gasteiger partial charge on any atom is 0.295 e. The monoisotopic (exact) mass is 469 g/mol. The minimum absolute atomic E-state index is 0.0283. The maximum atomic E-state index is 14.7. The molecule has 1 aliphatic rings. The summed E-state index contributed by atoms with van der Waals surface area (Å²) >= 11 is 0. The Hall–Kier alpha value is -4.78. The number of nitrogen functional groups attached to an aromatic ring is 1. The molecule has 0 unspecified atom stereocenters. The number of aromatic nitrogens is 4. The Morgan fingerprint density at radius 3 is 2.54 bits per heavy atom. The van der Waals surface area contributed by atoms with E-state index in [0.29, 0.717) is 31.6 Å². The number of rotatable bonds is 4. The lowest BCUT2D eigenvalue weighted by Gasteiger charge is -2.28. The van der Waals surface area contributed by atoms with E-state index in [9.17, 15) is 14.0 Å². The highest BCUT2D eigenvalue weighted by atomic mass is 19.1. The Kier molecular flexibility index (Phi) is 5.58. The van der Waals surface area contributed by atoms with E-state index in [1.165, 1.54) is 15.8 Å². The van der Waals surface area contributed by atoms with Crippen LogP contribution in [0.25, 0.3) is 27.3 Å². The van der Waals surface area contributed by atoms with Crippen LogP contribution in [0, 0.1) is 12.4 Å². The number of carbonyl (C=O) groups is 2. The SMILES string of the molecule is [C-]#[N+]C(=C1CCN(C(=O)C(=O)c2c[nH]c3c(-n4ccc(N)n4)ncc(F)c23)CC1)c1ccccc1. The molecule has 10 heteroatoms. The van der Waals surface area contributed by atoms with Gasteiger partial charge >= 0.3 is 0 Å². The number of nitrogens with one attached hydrogen (secondary N) is 1. The van der Waals surface area contributed by atoms with Crippen LogP contribution in [0.4, 0.5) is 10.2 Å². The fourth-order valence-corrected chi connectivity index (χ4v) is 4.32. The van der Waals surface area contributed by atoms with Gasteiger partial charge in [0.25, 0.3) is 11.7 Å². The van der Waals surface area contributed by atoms with Gasteiger partial charge in [-0.3, -0.25) is 9.59 Å². The second kappa shape index (κ2) is 8.87. The number of anilines is 1. The first-order chi connectivity index (χ1) is 17.0. The third-order valence-corrected chi connectivity index (χ3v) is 6.06. The topological polar surface area (TPSA) is 114 Å². The van der Waals surface area contributed by atoms with Crippen molar-refractivity contribution in [1.82, 2.24) is 24.6 Å². The Bertz CT molecular complexity index is 1520. The first-order valence-corrected chi connectivity index (χ1v) is 10.9. The molecule has 3 aromatic heterocycles. The number of carbonyl (C=O) groups excluding carboxylic acids is 2. The number of nitrogens with zero attached hydrogens (tertiary/aromatic N) is 5. The van der Waals surface area contributed by atoms with Crippen molar-refractivity contribution in [2.24, 2.45) is 0 Å². The number of pyridine rings is 1. The molecule has 4 aromatic rings. The van der Waals surface area contributed by atoms with E-state index in [1.807, 2.05) is 30.3 Å². The zero-order chi connectivity index (χ0) is 24.5. The molecule has 1 aliphatic heterocycles. The van der Waals surface area contributed by atoms with Crippen LogP contribution < -0.4 is 5.73 Å². The molecule has 1 fully saturated rings. The van der Waals surface area contributed by atoms with Gasteiger partial charge in [0.15, 0.2) is 17.3 Å². The number of nitrogens with two attached hydrogens (primary N) is 1. The molecule has 174 valence electrons. The summed E-state index contributed by atoms with van der Waals surface area (Å²) in [6.45, 7) is 8.19. The van der Waals surface area contributed by atoms with E-state index in [2.05, 4.69) is 19.9 Å². The van der Waals surface area contributed by atoms with Crippen LogP contribution in [0.3, 0.4) is 0 Å². The van der Waals surface area contributed by atoms with Crippen LogP contribution in [0.2, 0.25) is 0 Å². The van der Waals surface area contributed by atoms with Crippen molar-refractivity contribution in [3.63, 3.8) is 0 Å². The number of fused-ring (bicyclic) bond motifs is 1. The molecule has 35 heavy (non-hydrogen) atoms. The Balaban J connectivity index is 1.39. The lowest BCUT2D eigenvalue weighted by Crippen LogP contribution is -2.40. The smallest absolute Gasteiger partial charge is 0.295 e. The van der Waals surface area contributed by atoms with E-state index < -0.39 is 17.5 Å². The fraction of sp³-hybridized carbons (Fsp3) is 0.160. The van der Waals surface area contributed by atoms with Gasteiger partial charge in [-0.1, -0.05) is 35.9 Å². The second-order valence-electron chi connectivity index (χ2n) is 8.12. The average molecular weight is 469 g/mol. The van der Waals surface area contributed by atoms with Gasteiger partial charge in [-0.2, -0.15) is 0 Å². The van der Waals surface area contributed by atoms with Crippen LogP contribution >= 0.6 is 0 Å². The Morgan fingerprint density at radius 2 is 1.89 bits per heavy atom. The number of halogens is 1. The standard InChI is InChI=1S/C25H20FN7O2/c1-28-21(15-5-3-2-4-6-15)16-7-10-32(11-8-16)25(35)23(34)17-13-29-22-20(17)18(26)14-30-24(22)33-12-9-19(27)31-33/h2-6,9,12-14,29H,7-8,10-11H2,(H2,27,31). The molecule has 4 heterocycles. The van der Waals surface area contributed by atoms with Crippen LogP contribution in [0.5, 0.6) is 0 Å². The van der Waals surface area contributed by atoms with Gasteiger partial charge < -0.3 is 15.6 Å². The van der Waals surface area contributed by atoms with E-state index in [4.69, 9.17) is 12.3 Å². The molecule has 5 rings (SSSR count). The Morgan fingerprint density at radius 1 is 1.14 bits per heavy atom. The summed E-state index contributed by atoms with van der Waals surface area (Å²) in [5.74, 6) is -1.74. The molecule has 0 aliphatic carbocycles. The average Bonchev–Trinajstić information content (AvgIpc) is 3.52. The number of likely N-dealkylation sites (tertiary alicyclic amines) is 1. The van der Waals surface area contributed by atoms with Crippen LogP contribution in [0.15, 0.2) is 60.6 Å². The van der Waals surface area contributed by atoms with Crippen LogP contribution in [0.1, 0.15) is 28.8 Å². The highest BCUT2D eigenvalue weighted by molar-refractivity contribution is 6.45. The van der Waals surface area contributed by atoms with Gasteiger partial charge in [-0.15, -0.1) is 5.10 Å². The van der Waals surface area contributed by atoms with Crippen molar-refractivity contribution in [2.45, 2.75) is 12.8 Å². The van der Waals surface area contributed by atoms with Gasteiger partial charge in [0.2, 0.25) is 0 Å². The van der Waals surface area contributed by atoms with Crippen LogP contribution in [-0.4, -0.2) is 49.4 Å². The summed E-state index contributed by atoms with van der Waals surface area (Å²) in [6, 6.07) is 11.0. The van der Waals surface area contributed by atoms with Crippen molar-refractivity contribution < 1.29 is 14.0 Å². The molecule has 0 radical (unpaired) electrons. The highest BCUT2D eigenvalue weighted by Gasteiger charge is 2.30. The molecule has 1 amide bonds. The van der Waals surface area contributed by atoms with Crippen molar-refractivity contribution >= 4 is 34.1 Å². The molecule has 1 aromatic carbocycles. The number of aromatic amines is 1. The number of hydrogen-bond donors (Lipinski definition) is 2. The van der Waals surface area contributed by atoms with Gasteiger partial charge in [-0.25, -0.2) is 18.9 Å². The molecule has 0 bridgehead atoms. The number of hydrogen-bond acceptors (Lipinski definition) is 5. The normalized spacial score (nSPS) is 13.6. The van der Waals surface area contributed by atoms with Gasteiger partial charge in [0.1, 0.15) is 5.82 Å². The molecular formula is C25H20FN7O2. The fourth-order valence-electron chi connectivity index (χ4n) is 4.32. The highest BCUT2D eigenvalue weighted by Crippen LogP contribution is 2.29. The molecule has 9 nitrogen and oxygen atoms in total. The number of piperidine rings is 1. The molecule has 0 atom stereocenters. The molecule has 1 saturated heterocycles. The maximum absolute atomic E-state index is 14.7. The minimum atomic E-state index is -0.812. The predicted octanol–water partition coefficient (Wildman–Crippen LogP) is 3.61. The lowest BCUT2D eigenvalue weighted by molar-refractivity contribution is -0.126. The molecule has 3 N–H and O–H groups in total. The molecule has 0 saturated carbocycles. The summed E-state index contributed by atoms with van der Waals surface area (Å²) in [5, 5.41) is 4.05. The van der Waals surface area contributed by atoms with Crippen molar-refractivity contribution in [2.75, 3.05) is 18.8 Å². The molecule has 0 spiro atoms. The van der Waals surface area contributed by atoms with Gasteiger partial charge in [-0.05, 0) is 18.4 Å². The van der Waals surface area contributed by atoms with Crippen LogP contribution in [-0.2, 0) is 4.79 Å². The van der Waals surface area contributed by atoms with E-state index in [-0.39, 0.29) is 28.1 Å². The third kappa shape index (κ3) is 3.93. The van der Waals surface area contributed by atoms with E-state index in [0.717, 1.165) is 17.3 Å². The lowest BCUT2D eigenvalue weighted by atomic mass is 9.97. The summed E-state index contributed by atoms with van der Waals surface area (Å²) in [6.07, 6.45) is 4.84. The predicted molar refractivity (Wildman–Crippen MR) is 128 cm³/mol. The Labute approximate surface area is 199 Å². The molecular weight excluding hydrogens is 449 g/mol. The van der Waals surface area contributed by atoms with E-state index >= 15 is 0 Å². The van der Waals surface area contributed by atoms with Gasteiger partial charge in [0, 0.05) is 31.5 Å². The minimum Gasteiger partial charge on any atom is -0.382 e. The second-order valence-corrected chi connectivity index (χ2v) is 8.12. The summed E-state index contributed by atoms with van der Waals surface area (Å²) in [5.41, 5.74) is 8.21. The summed E-state index contributed by atoms with van der Waals surface area (Å²) < 4.78 is 16.1. The van der Waals surface area contributed by atoms with Crippen molar-refractivity contribution in [3.8, 4) is 5.82 Å². The number of amides is 1. The van der Waals surface area contributed by atoms with Crippen molar-refractivity contribution in [1.29, 1.82) is 0 Å². The van der Waals surface area contributed by atoms with E-state index in [1.54, 1.807) is 12.3 Å². The number of Topliss-reactive ketones (excluding diaryl/α,β-unsaturated/α-hetero) is 1. The number of ketones is 1. The summed E-state index contributed by atoms with van der Waals surface area (Å²) in [7, 11) is 0. The largest absolute Gasteiger partial charge is 0.382 e. The van der Waals surface area contributed by atoms with Crippen molar-refractivity contribution in [3.05, 3.63) is 88.9 Å². The van der Waals surface area contributed by atoms with Gasteiger partial charge in [0.05, 0.1) is 29.2 Å². The zero-order valence-electron chi connectivity index (χ0n) is 18.5.